The molecule has 2 N–H and O–H groups in total. The largest absolute Gasteiger partial charge is 0.481 e. The van der Waals surface area contributed by atoms with Crippen molar-refractivity contribution in [2.45, 2.75) is 119 Å². The molecule has 0 bridgehead atoms. The van der Waals surface area contributed by atoms with Crippen LogP contribution in [-0.2, 0) is 4.79 Å². The Hall–Kier alpha value is -0.830. The molecule has 186 valence electrons. The van der Waals surface area contributed by atoms with E-state index in [-0.39, 0.29) is 33.2 Å². The maximum absolute atomic E-state index is 12.2. The summed E-state index contributed by atoms with van der Waals surface area (Å²) >= 11 is 0. The number of carboxylic acids is 1. The first kappa shape index (κ1) is 23.9. The molecule has 0 aromatic rings. The van der Waals surface area contributed by atoms with Gasteiger partial charge in [-0.05, 0) is 116 Å². The normalized spacial score (nSPS) is 55.3. The summed E-state index contributed by atoms with van der Waals surface area (Å²) in [6.45, 7) is 16.8. The van der Waals surface area contributed by atoms with E-state index in [0.29, 0.717) is 17.8 Å². The second kappa shape index (κ2) is 6.89. The summed E-state index contributed by atoms with van der Waals surface area (Å²) in [6, 6.07) is 0. The van der Waals surface area contributed by atoms with Crippen LogP contribution in [0.25, 0.3) is 0 Å². The van der Waals surface area contributed by atoms with E-state index in [4.69, 9.17) is 0 Å². The Morgan fingerprint density at radius 1 is 0.879 bits per heavy atom. The fourth-order valence-electron chi connectivity index (χ4n) is 10.5. The molecule has 5 rings (SSSR count). The molecule has 0 heterocycles. The highest BCUT2D eigenvalue weighted by Crippen LogP contribution is 2.75. The summed E-state index contributed by atoms with van der Waals surface area (Å²) in [5, 5.41) is 20.9. The highest BCUT2D eigenvalue weighted by Gasteiger charge is 2.68. The molecular formula is C30H48O3. The van der Waals surface area contributed by atoms with Gasteiger partial charge in [-0.15, -0.1) is 0 Å². The third-order valence-corrected chi connectivity index (χ3v) is 13.3. The zero-order valence-corrected chi connectivity index (χ0v) is 22.3. The lowest BCUT2D eigenvalue weighted by Crippen LogP contribution is -2.64. The molecule has 3 nitrogen and oxygen atoms in total. The van der Waals surface area contributed by atoms with Crippen molar-refractivity contribution in [3.63, 3.8) is 0 Å². The average Bonchev–Trinajstić information content (AvgIpc) is 2.73. The summed E-state index contributed by atoms with van der Waals surface area (Å²) < 4.78 is 0. The Balaban J connectivity index is 1.57. The number of carboxylic acid groups (broad SMARTS) is 1. The van der Waals surface area contributed by atoms with Crippen LogP contribution in [0.5, 0.6) is 0 Å². The zero-order valence-electron chi connectivity index (χ0n) is 22.3. The summed E-state index contributed by atoms with van der Waals surface area (Å²) in [5.41, 5.74) is 1.94. The van der Waals surface area contributed by atoms with Crippen molar-refractivity contribution in [2.75, 3.05) is 0 Å². The molecule has 4 saturated carbocycles. The van der Waals surface area contributed by atoms with E-state index in [0.717, 1.165) is 38.5 Å². The van der Waals surface area contributed by atoms with Gasteiger partial charge in [-0.3, -0.25) is 4.79 Å². The van der Waals surface area contributed by atoms with Crippen molar-refractivity contribution in [3.05, 3.63) is 11.6 Å². The Morgan fingerprint density at radius 3 is 2.21 bits per heavy atom. The number of hydrogen-bond acceptors (Lipinski definition) is 2. The topological polar surface area (TPSA) is 57.5 Å². The smallest absolute Gasteiger partial charge is 0.309 e. The first-order valence-corrected chi connectivity index (χ1v) is 13.8. The SMILES string of the molecule is CC1(C)C2CC[C@]3(C)C(CC=C4[C@@H]5C[C@@](C)(C(=O)O)CC[C@]5(C)CC[C@@]43C)[C@@]2(C)CC[C@@H]1O. The van der Waals surface area contributed by atoms with Crippen LogP contribution in [0.1, 0.15) is 113 Å². The fraction of sp³-hybridized carbons (Fsp3) is 0.900. The van der Waals surface area contributed by atoms with Gasteiger partial charge in [-0.1, -0.05) is 53.2 Å². The van der Waals surface area contributed by atoms with Crippen LogP contribution in [0.3, 0.4) is 0 Å². The summed E-state index contributed by atoms with van der Waals surface area (Å²) in [4.78, 5) is 12.2. The van der Waals surface area contributed by atoms with Crippen molar-refractivity contribution < 1.29 is 15.0 Å². The van der Waals surface area contributed by atoms with Crippen molar-refractivity contribution in [1.29, 1.82) is 0 Å². The summed E-state index contributed by atoms with van der Waals surface area (Å²) in [6.07, 6.45) is 13.2. The van der Waals surface area contributed by atoms with Crippen molar-refractivity contribution in [1.82, 2.24) is 0 Å². The van der Waals surface area contributed by atoms with Crippen LogP contribution in [-0.4, -0.2) is 22.3 Å². The second-order valence-corrected chi connectivity index (χ2v) is 14.9. The molecule has 5 aliphatic rings. The third-order valence-electron chi connectivity index (χ3n) is 13.3. The molecule has 0 amide bonds. The highest BCUT2D eigenvalue weighted by atomic mass is 16.4. The first-order chi connectivity index (χ1) is 15.1. The fourth-order valence-corrected chi connectivity index (χ4v) is 10.5. The number of allylic oxidation sites excluding steroid dienone is 2. The van der Waals surface area contributed by atoms with Crippen LogP contribution >= 0.6 is 0 Å². The number of rotatable bonds is 1. The lowest BCUT2D eigenvalue weighted by molar-refractivity contribution is -0.203. The van der Waals surface area contributed by atoms with Gasteiger partial charge < -0.3 is 10.2 Å². The Kier molecular flexibility index (Phi) is 4.99. The molecule has 4 fully saturated rings. The van der Waals surface area contributed by atoms with Crippen molar-refractivity contribution >= 4 is 5.97 Å². The minimum absolute atomic E-state index is 0.0168. The number of aliphatic hydroxyl groups is 1. The van der Waals surface area contributed by atoms with Crippen molar-refractivity contribution in [3.8, 4) is 0 Å². The standard InChI is InChI=1S/C30H48O3/c1-25(2)21-10-13-30(7)22(28(21,5)12-11-23(25)31)9-8-19-20-18-27(4,24(32)33)15-14-26(20,3)16-17-29(19,30)6/h8,20-23,31H,9-18H2,1-7H3,(H,32,33)/t20-,21?,22?,23-,26+,27-,28-,29-,30+/m0/s1. The molecule has 5 aliphatic carbocycles. The van der Waals surface area contributed by atoms with E-state index in [1.807, 2.05) is 6.92 Å². The molecule has 0 aromatic carbocycles. The van der Waals surface area contributed by atoms with Crippen LogP contribution in [0.4, 0.5) is 0 Å². The predicted octanol–water partition coefficient (Wildman–Crippen LogP) is 7.23. The van der Waals surface area contributed by atoms with Gasteiger partial charge in [0, 0.05) is 0 Å². The first-order valence-electron chi connectivity index (χ1n) is 13.8. The van der Waals surface area contributed by atoms with Crippen molar-refractivity contribution in [2.24, 2.45) is 50.2 Å². The lowest BCUT2D eigenvalue weighted by atomic mass is 9.33. The molecule has 0 spiro atoms. The van der Waals surface area contributed by atoms with Gasteiger partial charge in [-0.25, -0.2) is 0 Å². The molecule has 2 unspecified atom stereocenters. The van der Waals surface area contributed by atoms with Gasteiger partial charge >= 0.3 is 5.97 Å². The molecule has 3 heteroatoms. The Labute approximate surface area is 201 Å². The maximum Gasteiger partial charge on any atom is 0.309 e. The zero-order chi connectivity index (χ0) is 24.2. The van der Waals surface area contributed by atoms with Crippen LogP contribution in [0.2, 0.25) is 0 Å². The van der Waals surface area contributed by atoms with Gasteiger partial charge in [0.2, 0.25) is 0 Å². The number of carbonyl (C=O) groups is 1. The van der Waals surface area contributed by atoms with Crippen LogP contribution in [0, 0.1) is 50.2 Å². The third kappa shape index (κ3) is 2.87. The average molecular weight is 457 g/mol. The number of fused-ring (bicyclic) bond motifs is 7. The molecule has 0 aromatic heterocycles. The van der Waals surface area contributed by atoms with E-state index < -0.39 is 11.4 Å². The van der Waals surface area contributed by atoms with Gasteiger partial charge in [0.1, 0.15) is 0 Å². The maximum atomic E-state index is 12.2. The molecule has 0 radical (unpaired) electrons. The van der Waals surface area contributed by atoms with Gasteiger partial charge in [0.15, 0.2) is 0 Å². The van der Waals surface area contributed by atoms with Crippen LogP contribution in [0.15, 0.2) is 11.6 Å². The Bertz CT molecular complexity index is 889. The van der Waals surface area contributed by atoms with E-state index in [1.54, 1.807) is 5.57 Å². The highest BCUT2D eigenvalue weighted by molar-refractivity contribution is 5.74. The lowest BCUT2D eigenvalue weighted by Gasteiger charge is -2.71. The number of aliphatic carboxylic acids is 1. The molecule has 0 aliphatic heterocycles. The molecule has 33 heavy (non-hydrogen) atoms. The second-order valence-electron chi connectivity index (χ2n) is 14.9. The number of aliphatic hydroxyl groups excluding tert-OH is 1. The molecule has 9 atom stereocenters. The number of hydrogen-bond donors (Lipinski definition) is 2. The summed E-state index contributed by atoms with van der Waals surface area (Å²) in [5.74, 6) is 1.01. The van der Waals surface area contributed by atoms with E-state index >= 15 is 0 Å². The summed E-state index contributed by atoms with van der Waals surface area (Å²) in [7, 11) is 0. The predicted molar refractivity (Wildman–Crippen MR) is 133 cm³/mol. The Morgan fingerprint density at radius 2 is 1.55 bits per heavy atom. The van der Waals surface area contributed by atoms with Gasteiger partial charge in [0.05, 0.1) is 11.5 Å². The molecular weight excluding hydrogens is 408 g/mol. The van der Waals surface area contributed by atoms with E-state index in [9.17, 15) is 15.0 Å². The monoisotopic (exact) mass is 456 g/mol. The van der Waals surface area contributed by atoms with Gasteiger partial charge in [-0.2, -0.15) is 0 Å². The minimum atomic E-state index is -0.603. The van der Waals surface area contributed by atoms with E-state index in [2.05, 4.69) is 47.6 Å². The van der Waals surface area contributed by atoms with Crippen LogP contribution < -0.4 is 0 Å². The minimum Gasteiger partial charge on any atom is -0.481 e. The van der Waals surface area contributed by atoms with Gasteiger partial charge in [0.25, 0.3) is 0 Å². The quantitative estimate of drug-likeness (QED) is 0.409. The van der Waals surface area contributed by atoms with E-state index in [1.165, 1.54) is 25.7 Å². The molecule has 0 saturated heterocycles.